The van der Waals surface area contributed by atoms with Gasteiger partial charge in [-0.3, -0.25) is 14.3 Å². The minimum Gasteiger partial charge on any atom is -0.477 e. The quantitative estimate of drug-likeness (QED) is 0.798. The van der Waals surface area contributed by atoms with Crippen molar-refractivity contribution in [2.45, 2.75) is 13.5 Å². The number of H-pyrrole nitrogens is 1. The fourth-order valence-corrected chi connectivity index (χ4v) is 2.52. The highest BCUT2D eigenvalue weighted by Crippen LogP contribution is 2.21. The first kappa shape index (κ1) is 10.6. The van der Waals surface area contributed by atoms with Crippen molar-refractivity contribution in [2.24, 2.45) is 0 Å². The van der Waals surface area contributed by atoms with Gasteiger partial charge in [0.05, 0.1) is 5.39 Å². The molecule has 0 aliphatic heterocycles. The molecule has 0 aromatic carbocycles. The van der Waals surface area contributed by atoms with E-state index < -0.39 is 17.2 Å². The largest absolute Gasteiger partial charge is 0.477 e. The maximum Gasteiger partial charge on any atom is 0.345 e. The number of carboxylic acids is 1. The van der Waals surface area contributed by atoms with Gasteiger partial charge in [-0.15, -0.1) is 11.3 Å². The predicted octanol–water partition coefficient (Wildman–Crippen LogP) is 0.469. The average Bonchev–Trinajstić information content (AvgIpc) is 2.63. The lowest BCUT2D eigenvalue weighted by atomic mass is 10.3. The Morgan fingerprint density at radius 1 is 1.56 bits per heavy atom. The molecule has 0 aliphatic carbocycles. The molecule has 2 aromatic heterocycles. The van der Waals surface area contributed by atoms with Crippen molar-refractivity contribution >= 4 is 27.5 Å². The molecule has 16 heavy (non-hydrogen) atoms. The Morgan fingerprint density at radius 3 is 2.81 bits per heavy atom. The molecule has 0 saturated carbocycles. The molecule has 2 rings (SSSR count). The number of fused-ring (bicyclic) bond motifs is 1. The summed E-state index contributed by atoms with van der Waals surface area (Å²) in [6.45, 7) is 2.13. The monoisotopic (exact) mass is 240 g/mol. The van der Waals surface area contributed by atoms with Crippen LogP contribution in [-0.4, -0.2) is 20.6 Å². The van der Waals surface area contributed by atoms with Crippen molar-refractivity contribution in [1.82, 2.24) is 9.55 Å². The molecule has 0 radical (unpaired) electrons. The van der Waals surface area contributed by atoms with Crippen LogP contribution in [0.1, 0.15) is 16.6 Å². The number of nitrogens with one attached hydrogen (secondary N) is 1. The van der Waals surface area contributed by atoms with Gasteiger partial charge in [-0.25, -0.2) is 9.59 Å². The number of carbonyl (C=O) groups is 1. The second-order valence-electron chi connectivity index (χ2n) is 3.14. The summed E-state index contributed by atoms with van der Waals surface area (Å²) < 4.78 is 1.34. The van der Waals surface area contributed by atoms with Gasteiger partial charge in [-0.1, -0.05) is 0 Å². The zero-order valence-electron chi connectivity index (χ0n) is 8.31. The molecule has 0 spiro atoms. The normalized spacial score (nSPS) is 10.8. The number of aromatic carboxylic acids is 1. The molecule has 84 valence electrons. The molecule has 0 unspecified atom stereocenters. The summed E-state index contributed by atoms with van der Waals surface area (Å²) in [4.78, 5) is 36.3. The Morgan fingerprint density at radius 2 is 2.25 bits per heavy atom. The van der Waals surface area contributed by atoms with Gasteiger partial charge in [0.25, 0.3) is 5.56 Å². The lowest BCUT2D eigenvalue weighted by Crippen LogP contribution is -2.28. The molecule has 0 amide bonds. The van der Waals surface area contributed by atoms with Crippen LogP contribution >= 0.6 is 11.3 Å². The van der Waals surface area contributed by atoms with Crippen LogP contribution in [0, 0.1) is 0 Å². The van der Waals surface area contributed by atoms with Crippen molar-refractivity contribution in [3.05, 3.63) is 31.8 Å². The minimum atomic E-state index is -1.10. The molecular formula is C9H8N2O4S. The van der Waals surface area contributed by atoms with Crippen LogP contribution in [0.4, 0.5) is 0 Å². The van der Waals surface area contributed by atoms with E-state index in [9.17, 15) is 14.4 Å². The summed E-state index contributed by atoms with van der Waals surface area (Å²) in [5.74, 6) is -1.10. The number of rotatable bonds is 2. The van der Waals surface area contributed by atoms with Crippen molar-refractivity contribution in [2.75, 3.05) is 0 Å². The number of hydrogen-bond donors (Lipinski definition) is 2. The van der Waals surface area contributed by atoms with E-state index in [1.165, 1.54) is 10.6 Å². The number of aromatic amines is 1. The van der Waals surface area contributed by atoms with Gasteiger partial charge in [0.1, 0.15) is 9.71 Å². The van der Waals surface area contributed by atoms with Crippen LogP contribution in [0.25, 0.3) is 10.2 Å². The van der Waals surface area contributed by atoms with Gasteiger partial charge in [0.2, 0.25) is 0 Å². The third-order valence-corrected chi connectivity index (χ3v) is 3.34. The first-order valence-corrected chi connectivity index (χ1v) is 5.36. The SMILES string of the molecule is CCn1c(=O)[nH]c(=O)c2cc(C(=O)O)sc21. The number of aryl methyl sites for hydroxylation is 1. The molecule has 0 atom stereocenters. The van der Waals surface area contributed by atoms with Gasteiger partial charge in [-0.2, -0.15) is 0 Å². The van der Waals surface area contributed by atoms with E-state index in [-0.39, 0.29) is 10.3 Å². The number of thiophene rings is 1. The summed E-state index contributed by atoms with van der Waals surface area (Å²) in [5.41, 5.74) is -1.06. The Bertz CT molecular complexity index is 679. The number of carboxylic acid groups (broad SMARTS) is 1. The third kappa shape index (κ3) is 1.45. The Balaban J connectivity index is 2.95. The van der Waals surface area contributed by atoms with E-state index in [1.807, 2.05) is 0 Å². The molecule has 0 saturated heterocycles. The topological polar surface area (TPSA) is 92.2 Å². The second kappa shape index (κ2) is 3.60. The lowest BCUT2D eigenvalue weighted by Gasteiger charge is -2.00. The van der Waals surface area contributed by atoms with E-state index in [2.05, 4.69) is 4.98 Å². The van der Waals surface area contributed by atoms with Crippen molar-refractivity contribution < 1.29 is 9.90 Å². The molecular weight excluding hydrogens is 232 g/mol. The number of aromatic nitrogens is 2. The molecule has 2 heterocycles. The first-order valence-electron chi connectivity index (χ1n) is 4.54. The third-order valence-electron chi connectivity index (χ3n) is 2.19. The molecule has 0 fully saturated rings. The molecule has 0 bridgehead atoms. The maximum atomic E-state index is 11.4. The maximum absolute atomic E-state index is 11.4. The summed E-state index contributed by atoms with van der Waals surface area (Å²) in [6, 6.07) is 1.28. The first-order chi connectivity index (χ1) is 7.54. The highest BCUT2D eigenvalue weighted by Gasteiger charge is 2.14. The highest BCUT2D eigenvalue weighted by molar-refractivity contribution is 7.20. The van der Waals surface area contributed by atoms with Gasteiger partial charge >= 0.3 is 11.7 Å². The van der Waals surface area contributed by atoms with Crippen molar-refractivity contribution in [1.29, 1.82) is 0 Å². The zero-order valence-corrected chi connectivity index (χ0v) is 9.13. The minimum absolute atomic E-state index is 0.0494. The zero-order chi connectivity index (χ0) is 11.9. The van der Waals surface area contributed by atoms with Crippen LogP contribution < -0.4 is 11.2 Å². The van der Waals surface area contributed by atoms with E-state index >= 15 is 0 Å². The van der Waals surface area contributed by atoms with E-state index in [0.29, 0.717) is 11.4 Å². The summed E-state index contributed by atoms with van der Waals surface area (Å²) >= 11 is 0.928. The Kier molecular flexibility index (Phi) is 2.39. The predicted molar refractivity (Wildman–Crippen MR) is 59.3 cm³/mol. The summed E-state index contributed by atoms with van der Waals surface area (Å²) in [6.07, 6.45) is 0. The van der Waals surface area contributed by atoms with Crippen LogP contribution in [0.15, 0.2) is 15.7 Å². The summed E-state index contributed by atoms with van der Waals surface area (Å²) in [7, 11) is 0. The standard InChI is InChI=1S/C9H8N2O4S/c1-2-11-7-4(6(12)10-9(11)15)3-5(16-7)8(13)14/h3H,2H2,1H3,(H,13,14)(H,10,12,15). The van der Waals surface area contributed by atoms with Crippen LogP contribution in [0.3, 0.4) is 0 Å². The van der Waals surface area contributed by atoms with Crippen molar-refractivity contribution in [3.8, 4) is 0 Å². The van der Waals surface area contributed by atoms with E-state index in [1.54, 1.807) is 6.92 Å². The van der Waals surface area contributed by atoms with E-state index in [0.717, 1.165) is 11.3 Å². The fourth-order valence-electron chi connectivity index (χ4n) is 1.46. The Hall–Kier alpha value is -1.89. The van der Waals surface area contributed by atoms with Gasteiger partial charge in [-0.05, 0) is 13.0 Å². The van der Waals surface area contributed by atoms with Crippen LogP contribution in [0.5, 0.6) is 0 Å². The molecule has 7 heteroatoms. The van der Waals surface area contributed by atoms with E-state index in [4.69, 9.17) is 5.11 Å². The molecule has 2 N–H and O–H groups in total. The molecule has 6 nitrogen and oxygen atoms in total. The number of nitrogens with zero attached hydrogens (tertiary/aromatic N) is 1. The Labute approximate surface area is 92.8 Å². The lowest BCUT2D eigenvalue weighted by molar-refractivity contribution is 0.0702. The van der Waals surface area contributed by atoms with Crippen LogP contribution in [-0.2, 0) is 6.54 Å². The molecule has 2 aromatic rings. The smallest absolute Gasteiger partial charge is 0.345 e. The second-order valence-corrected chi connectivity index (χ2v) is 4.17. The average molecular weight is 240 g/mol. The highest BCUT2D eigenvalue weighted by atomic mass is 32.1. The van der Waals surface area contributed by atoms with Crippen molar-refractivity contribution in [3.63, 3.8) is 0 Å². The fraction of sp³-hybridized carbons (Fsp3) is 0.222. The number of hydrogen-bond acceptors (Lipinski definition) is 4. The van der Waals surface area contributed by atoms with Crippen LogP contribution in [0.2, 0.25) is 0 Å². The van der Waals surface area contributed by atoms with Gasteiger partial charge < -0.3 is 5.11 Å². The summed E-state index contributed by atoms with van der Waals surface area (Å²) in [5, 5.41) is 9.06. The van der Waals surface area contributed by atoms with Gasteiger partial charge in [0, 0.05) is 6.54 Å². The van der Waals surface area contributed by atoms with Gasteiger partial charge in [0.15, 0.2) is 0 Å². The molecule has 0 aliphatic rings.